The molecule has 1 amide bonds. The van der Waals surface area contributed by atoms with Crippen LogP contribution in [-0.2, 0) is 4.79 Å². The third kappa shape index (κ3) is 5.58. The van der Waals surface area contributed by atoms with Crippen molar-refractivity contribution in [3.05, 3.63) is 74.6 Å². The van der Waals surface area contributed by atoms with Crippen molar-refractivity contribution in [3.63, 3.8) is 0 Å². The summed E-state index contributed by atoms with van der Waals surface area (Å²) in [6.07, 6.45) is 2.85. The van der Waals surface area contributed by atoms with Crippen molar-refractivity contribution in [2.75, 3.05) is 18.4 Å². The molecule has 3 heterocycles. The molecule has 1 aliphatic heterocycles. The summed E-state index contributed by atoms with van der Waals surface area (Å²) in [5, 5.41) is 21.7. The van der Waals surface area contributed by atoms with E-state index in [1.807, 2.05) is 24.4 Å². The summed E-state index contributed by atoms with van der Waals surface area (Å²) < 4.78 is 5.57. The van der Waals surface area contributed by atoms with Crippen molar-refractivity contribution in [2.24, 2.45) is 0 Å². The topological polar surface area (TPSA) is 118 Å². The quantitative estimate of drug-likeness (QED) is 0.290. The van der Waals surface area contributed by atoms with Gasteiger partial charge in [-0.25, -0.2) is 0 Å². The standard InChI is InChI=1S/C23H24N4O5S/c1-15-10-17-11-18(5-6-21(17)32-15)24-22(13-27(30)31)25-19-4-2-3-8-26(23(19)29)12-20(28)16-7-9-33-14-16/h5-7,9-11,13-14,19,24-25H,2-4,8,12H2,1H3/b22-13-/t19-/m0/s1. The van der Waals surface area contributed by atoms with E-state index in [1.54, 1.807) is 23.6 Å². The highest BCUT2D eigenvalue weighted by Crippen LogP contribution is 2.23. The molecule has 3 aromatic rings. The Balaban J connectivity index is 1.49. The van der Waals surface area contributed by atoms with Gasteiger partial charge in [0.25, 0.3) is 6.20 Å². The van der Waals surface area contributed by atoms with Crippen molar-refractivity contribution >= 4 is 39.7 Å². The lowest BCUT2D eigenvalue weighted by Gasteiger charge is -2.25. The van der Waals surface area contributed by atoms with E-state index in [2.05, 4.69) is 10.6 Å². The van der Waals surface area contributed by atoms with E-state index in [4.69, 9.17) is 4.42 Å². The molecule has 10 heteroatoms. The van der Waals surface area contributed by atoms with Crippen LogP contribution in [-0.4, -0.2) is 40.6 Å². The van der Waals surface area contributed by atoms with Crippen molar-refractivity contribution < 1.29 is 18.9 Å². The molecule has 1 fully saturated rings. The number of thiophene rings is 1. The molecule has 0 bridgehead atoms. The van der Waals surface area contributed by atoms with Gasteiger partial charge in [-0.1, -0.05) is 0 Å². The number of nitrogens with zero attached hydrogens (tertiary/aromatic N) is 2. The summed E-state index contributed by atoms with van der Waals surface area (Å²) in [7, 11) is 0. The molecule has 0 aliphatic carbocycles. The van der Waals surface area contributed by atoms with Gasteiger partial charge in [-0.3, -0.25) is 19.7 Å². The third-order valence-corrected chi connectivity index (χ3v) is 6.12. The number of likely N-dealkylation sites (tertiary alicyclic amines) is 1. The van der Waals surface area contributed by atoms with E-state index in [1.165, 1.54) is 16.2 Å². The van der Waals surface area contributed by atoms with Gasteiger partial charge in [0, 0.05) is 28.6 Å². The molecule has 2 N–H and O–H groups in total. The number of amides is 1. The lowest BCUT2D eigenvalue weighted by Crippen LogP contribution is -2.47. The maximum atomic E-state index is 13.2. The minimum Gasteiger partial charge on any atom is -0.461 e. The lowest BCUT2D eigenvalue weighted by atomic mass is 10.1. The molecule has 1 aliphatic rings. The number of rotatable bonds is 8. The summed E-state index contributed by atoms with van der Waals surface area (Å²) in [5.74, 6) is 0.507. The summed E-state index contributed by atoms with van der Waals surface area (Å²) in [4.78, 5) is 37.9. The lowest BCUT2D eigenvalue weighted by molar-refractivity contribution is -0.403. The largest absolute Gasteiger partial charge is 0.461 e. The van der Waals surface area contributed by atoms with Crippen LogP contribution < -0.4 is 10.6 Å². The van der Waals surface area contributed by atoms with Gasteiger partial charge in [-0.15, -0.1) is 0 Å². The molecule has 0 spiro atoms. The fourth-order valence-corrected chi connectivity index (χ4v) is 4.55. The van der Waals surface area contributed by atoms with Gasteiger partial charge in [0.15, 0.2) is 11.6 Å². The zero-order chi connectivity index (χ0) is 23.4. The van der Waals surface area contributed by atoms with E-state index >= 15 is 0 Å². The Morgan fingerprint density at radius 3 is 2.94 bits per heavy atom. The van der Waals surface area contributed by atoms with Crippen LogP contribution >= 0.6 is 11.3 Å². The highest BCUT2D eigenvalue weighted by Gasteiger charge is 2.29. The predicted molar refractivity (Wildman–Crippen MR) is 126 cm³/mol. The maximum Gasteiger partial charge on any atom is 0.274 e. The smallest absolute Gasteiger partial charge is 0.274 e. The van der Waals surface area contributed by atoms with E-state index in [0.29, 0.717) is 24.2 Å². The van der Waals surface area contributed by atoms with E-state index in [0.717, 1.165) is 35.8 Å². The normalized spacial score (nSPS) is 17.1. The van der Waals surface area contributed by atoms with Crippen molar-refractivity contribution in [3.8, 4) is 0 Å². The summed E-state index contributed by atoms with van der Waals surface area (Å²) >= 11 is 1.43. The number of hydrogen-bond donors (Lipinski definition) is 2. The van der Waals surface area contributed by atoms with Gasteiger partial charge in [-0.05, 0) is 61.9 Å². The van der Waals surface area contributed by atoms with Gasteiger partial charge < -0.3 is 20.0 Å². The predicted octanol–water partition coefficient (Wildman–Crippen LogP) is 4.14. The Hall–Kier alpha value is -3.66. The molecule has 0 radical (unpaired) electrons. The van der Waals surface area contributed by atoms with Crippen LogP contribution in [0.3, 0.4) is 0 Å². The van der Waals surface area contributed by atoms with E-state index in [9.17, 15) is 19.7 Å². The number of nitro groups is 1. The molecule has 1 saturated heterocycles. The number of anilines is 1. The van der Waals surface area contributed by atoms with Crippen molar-refractivity contribution in [2.45, 2.75) is 32.2 Å². The molecule has 0 unspecified atom stereocenters. The third-order valence-electron chi connectivity index (χ3n) is 5.44. The minimum atomic E-state index is -0.679. The highest BCUT2D eigenvalue weighted by molar-refractivity contribution is 7.08. The van der Waals surface area contributed by atoms with Crippen LogP contribution in [0.4, 0.5) is 5.69 Å². The molecule has 2 aromatic heterocycles. The molecular formula is C23H24N4O5S. The van der Waals surface area contributed by atoms with Crippen molar-refractivity contribution in [1.29, 1.82) is 0 Å². The second-order valence-electron chi connectivity index (χ2n) is 7.95. The number of fused-ring (bicyclic) bond motifs is 1. The van der Waals surface area contributed by atoms with Crippen LogP contribution in [0.2, 0.25) is 0 Å². The number of nitrogens with one attached hydrogen (secondary N) is 2. The van der Waals surface area contributed by atoms with Gasteiger partial charge in [0.2, 0.25) is 5.91 Å². The van der Waals surface area contributed by atoms with Gasteiger partial charge in [0.05, 0.1) is 11.5 Å². The molecule has 0 saturated carbocycles. The molecule has 33 heavy (non-hydrogen) atoms. The first-order chi connectivity index (χ1) is 15.9. The van der Waals surface area contributed by atoms with E-state index in [-0.39, 0.29) is 24.1 Å². The first-order valence-electron chi connectivity index (χ1n) is 10.6. The van der Waals surface area contributed by atoms with Crippen LogP contribution in [0.5, 0.6) is 0 Å². The molecule has 1 atom stereocenters. The summed E-state index contributed by atoms with van der Waals surface area (Å²) in [5.41, 5.74) is 1.92. The number of hydrogen-bond acceptors (Lipinski definition) is 8. The second-order valence-corrected chi connectivity index (χ2v) is 8.73. The van der Waals surface area contributed by atoms with Gasteiger partial charge in [-0.2, -0.15) is 11.3 Å². The number of carbonyl (C=O) groups excluding carboxylic acids is 2. The number of aryl methyl sites for hydroxylation is 1. The van der Waals surface area contributed by atoms with Gasteiger partial charge >= 0.3 is 0 Å². The fraction of sp³-hybridized carbons (Fsp3) is 0.304. The zero-order valence-electron chi connectivity index (χ0n) is 18.1. The monoisotopic (exact) mass is 468 g/mol. The summed E-state index contributed by atoms with van der Waals surface area (Å²) in [6.45, 7) is 2.32. The number of Topliss-reactive ketones (excluding diaryl/α,β-unsaturated/α-hetero) is 1. The summed E-state index contributed by atoms with van der Waals surface area (Å²) in [6, 6.07) is 8.29. The van der Waals surface area contributed by atoms with E-state index < -0.39 is 11.0 Å². The van der Waals surface area contributed by atoms with Gasteiger partial charge in [0.1, 0.15) is 17.4 Å². The molecule has 9 nitrogen and oxygen atoms in total. The molecule has 4 rings (SSSR count). The Kier molecular flexibility index (Phi) is 6.74. The van der Waals surface area contributed by atoms with Crippen LogP contribution in [0, 0.1) is 17.0 Å². The molecule has 1 aromatic carbocycles. The Morgan fingerprint density at radius 2 is 2.18 bits per heavy atom. The Morgan fingerprint density at radius 1 is 1.33 bits per heavy atom. The highest BCUT2D eigenvalue weighted by atomic mass is 32.1. The average molecular weight is 469 g/mol. The SMILES string of the molecule is Cc1cc2cc(N/C(=C/[N+](=O)[O-])N[C@H]3CCCCN(CC(=O)c4ccsc4)C3=O)ccc2o1. The van der Waals surface area contributed by atoms with Crippen molar-refractivity contribution in [1.82, 2.24) is 10.2 Å². The number of furan rings is 1. The van der Waals surface area contributed by atoms with Crippen LogP contribution in [0.1, 0.15) is 35.4 Å². The fourth-order valence-electron chi connectivity index (χ4n) is 3.89. The number of ketones is 1. The zero-order valence-corrected chi connectivity index (χ0v) is 18.9. The van der Waals surface area contributed by atoms with Crippen LogP contribution in [0.15, 0.2) is 57.5 Å². The number of carbonyl (C=O) groups is 2. The second kappa shape index (κ2) is 9.86. The Labute approximate surface area is 194 Å². The minimum absolute atomic E-state index is 0.00797. The van der Waals surface area contributed by atoms with Crippen LogP contribution in [0.25, 0.3) is 11.0 Å². The first kappa shape index (κ1) is 22.5. The molecule has 172 valence electrons. The molecular weight excluding hydrogens is 444 g/mol. The maximum absolute atomic E-state index is 13.2. The first-order valence-corrected chi connectivity index (χ1v) is 11.6. The average Bonchev–Trinajstić information content (AvgIpc) is 3.39. The number of benzene rings is 1. The Bertz CT molecular complexity index is 1200.